The van der Waals surface area contributed by atoms with Gasteiger partial charge in [-0.3, -0.25) is 19.6 Å². The maximum absolute atomic E-state index is 10.8. The zero-order chi connectivity index (χ0) is 35.1. The summed E-state index contributed by atoms with van der Waals surface area (Å²) in [6.07, 6.45) is 8.59. The highest BCUT2D eigenvalue weighted by atomic mass is 16.6. The van der Waals surface area contributed by atoms with Crippen molar-refractivity contribution in [3.05, 3.63) is 125 Å². The largest absolute Gasteiger partial charge is 0.354 e. The SMILES string of the molecule is CCCC[B-](c1ccccc1)(c1ccccc1)c1ccccc1.CN(C)C(NC(=NC1CCCCC1)Nc1ccc([N+](=O)[O-])cc1)=[N+](C)C. The van der Waals surface area contributed by atoms with E-state index in [9.17, 15) is 10.1 Å². The van der Waals surface area contributed by atoms with Gasteiger partial charge in [0.2, 0.25) is 0 Å². The second-order valence-electron chi connectivity index (χ2n) is 13.4. The molecule has 0 aliphatic heterocycles. The van der Waals surface area contributed by atoms with Crippen LogP contribution in [-0.2, 0) is 0 Å². The fourth-order valence-electron chi connectivity index (χ4n) is 6.95. The van der Waals surface area contributed by atoms with Gasteiger partial charge in [-0.05, 0) is 25.0 Å². The number of aliphatic imine (C=N–C) groups is 1. The van der Waals surface area contributed by atoms with E-state index in [4.69, 9.17) is 4.99 Å². The summed E-state index contributed by atoms with van der Waals surface area (Å²) in [5, 5.41) is 17.5. The Balaban J connectivity index is 0.000000222. The molecule has 4 aromatic rings. The summed E-state index contributed by atoms with van der Waals surface area (Å²) in [7, 11) is 7.86. The standard InChI is InChI=1S/C22H24B.C18H28N6O2/c1-2-3-19-23(20-13-7-4-8-14-20,21-15-9-5-10-16-21)22-17-11-6-12-18-22;1-22(2)18(23(3)4)21-17(19-14-8-6-5-7-9-14)20-15-10-12-16(13-11-15)24(25)26/h4-18H,2-3,19H2,1H3;10-14H,5-9H2,1-4H3,(H,19,20)/q-1;/p+1. The van der Waals surface area contributed by atoms with E-state index in [0.29, 0.717) is 12.0 Å². The molecule has 9 heteroatoms. The third kappa shape index (κ3) is 10.3. The summed E-state index contributed by atoms with van der Waals surface area (Å²) >= 11 is 0. The molecule has 4 aromatic carbocycles. The molecule has 0 amide bonds. The monoisotopic (exact) mass is 660 g/mol. The van der Waals surface area contributed by atoms with Crippen LogP contribution in [0.2, 0.25) is 6.32 Å². The lowest BCUT2D eigenvalue weighted by atomic mass is 9.14. The molecule has 5 rings (SSSR count). The molecule has 49 heavy (non-hydrogen) atoms. The number of anilines is 1. The fourth-order valence-corrected chi connectivity index (χ4v) is 6.95. The lowest BCUT2D eigenvalue weighted by Crippen LogP contribution is -2.66. The molecule has 0 aromatic heterocycles. The number of guanidine groups is 2. The lowest BCUT2D eigenvalue weighted by Gasteiger charge is -2.43. The van der Waals surface area contributed by atoms with Crippen molar-refractivity contribution in [3.63, 3.8) is 0 Å². The van der Waals surface area contributed by atoms with Gasteiger partial charge in [0.1, 0.15) is 0 Å². The first-order valence-electron chi connectivity index (χ1n) is 17.7. The Bertz CT molecular complexity index is 1540. The number of nitro groups is 1. The molecule has 1 fully saturated rings. The average molecular weight is 661 g/mol. The summed E-state index contributed by atoms with van der Waals surface area (Å²) in [6, 6.07) is 39.8. The second-order valence-corrected chi connectivity index (χ2v) is 13.4. The van der Waals surface area contributed by atoms with Gasteiger partial charge < -0.3 is 5.32 Å². The zero-order valence-corrected chi connectivity index (χ0v) is 29.9. The Labute approximate surface area is 293 Å². The molecule has 8 nitrogen and oxygen atoms in total. The van der Waals surface area contributed by atoms with Gasteiger partial charge in [0.05, 0.1) is 45.3 Å². The molecule has 0 atom stereocenters. The topological polar surface area (TPSA) is 85.8 Å². The smallest absolute Gasteiger partial charge is 0.313 e. The van der Waals surface area contributed by atoms with E-state index >= 15 is 0 Å². The third-order valence-corrected chi connectivity index (χ3v) is 9.40. The number of non-ortho nitro benzene ring substituents is 1. The summed E-state index contributed by atoms with van der Waals surface area (Å²) in [5.41, 5.74) is 5.16. The van der Waals surface area contributed by atoms with Crippen molar-refractivity contribution in [2.24, 2.45) is 4.99 Å². The van der Waals surface area contributed by atoms with Gasteiger partial charge in [-0.15, -0.1) is 0 Å². The minimum Gasteiger partial charge on any atom is -0.313 e. The maximum Gasteiger partial charge on any atom is 0.354 e. The van der Waals surface area contributed by atoms with E-state index in [1.807, 2.05) is 37.7 Å². The Hall–Kier alpha value is -4.92. The van der Waals surface area contributed by atoms with Crippen LogP contribution in [-0.4, -0.2) is 66.7 Å². The van der Waals surface area contributed by atoms with Gasteiger partial charge in [-0.1, -0.05) is 130 Å². The van der Waals surface area contributed by atoms with Gasteiger partial charge >= 0.3 is 5.96 Å². The van der Waals surface area contributed by atoms with Crippen molar-refractivity contribution in [1.82, 2.24) is 10.2 Å². The Kier molecular flexibility index (Phi) is 14.0. The van der Waals surface area contributed by atoms with E-state index < -0.39 is 11.1 Å². The number of nitrogens with one attached hydrogen (secondary N) is 2. The minimum atomic E-state index is -0.913. The fraction of sp³-hybridized carbons (Fsp3) is 0.350. The highest BCUT2D eigenvalue weighted by Gasteiger charge is 2.29. The highest BCUT2D eigenvalue weighted by Crippen LogP contribution is 2.21. The molecule has 0 spiro atoms. The minimum absolute atomic E-state index is 0.0723. The van der Waals surface area contributed by atoms with Gasteiger partial charge in [-0.25, -0.2) is 10.3 Å². The molecule has 1 aliphatic carbocycles. The molecular formula is C40H53BN6O2. The number of rotatable bonds is 9. The van der Waals surface area contributed by atoms with Crippen LogP contribution in [0.15, 0.2) is 120 Å². The van der Waals surface area contributed by atoms with E-state index in [-0.39, 0.29) is 5.69 Å². The number of hydrogen-bond donors (Lipinski definition) is 2. The number of unbranched alkanes of at least 4 members (excludes halogenated alkanes) is 1. The molecule has 2 N–H and O–H groups in total. The number of nitrogens with zero attached hydrogens (tertiary/aromatic N) is 4. The van der Waals surface area contributed by atoms with Crippen molar-refractivity contribution in [1.29, 1.82) is 0 Å². The maximum atomic E-state index is 10.8. The van der Waals surface area contributed by atoms with Crippen LogP contribution >= 0.6 is 0 Å². The summed E-state index contributed by atoms with van der Waals surface area (Å²) < 4.78 is 1.98. The Morgan fingerprint density at radius 3 is 1.69 bits per heavy atom. The first-order chi connectivity index (χ1) is 23.7. The van der Waals surface area contributed by atoms with Crippen molar-refractivity contribution >= 4 is 45.8 Å². The van der Waals surface area contributed by atoms with Gasteiger partial charge in [0.15, 0.2) is 0 Å². The third-order valence-electron chi connectivity index (χ3n) is 9.40. The van der Waals surface area contributed by atoms with E-state index in [2.05, 4.69) is 109 Å². The first kappa shape index (κ1) is 36.9. The van der Waals surface area contributed by atoms with Crippen LogP contribution in [0.1, 0.15) is 51.9 Å². The van der Waals surface area contributed by atoms with E-state index in [1.165, 1.54) is 66.9 Å². The molecule has 0 unspecified atom stereocenters. The molecule has 0 radical (unpaired) electrons. The highest BCUT2D eigenvalue weighted by molar-refractivity contribution is 7.11. The molecule has 0 bridgehead atoms. The Morgan fingerprint density at radius 2 is 1.29 bits per heavy atom. The van der Waals surface area contributed by atoms with Crippen molar-refractivity contribution in [2.45, 2.75) is 64.2 Å². The predicted molar refractivity (Wildman–Crippen MR) is 209 cm³/mol. The zero-order valence-electron chi connectivity index (χ0n) is 29.9. The number of benzene rings is 4. The van der Waals surface area contributed by atoms with Gasteiger partial charge in [0, 0.05) is 17.8 Å². The van der Waals surface area contributed by atoms with Crippen molar-refractivity contribution < 1.29 is 9.50 Å². The molecule has 258 valence electrons. The normalized spacial score (nSPS) is 13.4. The van der Waals surface area contributed by atoms with Gasteiger partial charge in [-0.2, -0.15) is 22.7 Å². The summed E-state index contributed by atoms with van der Waals surface area (Å²) in [4.78, 5) is 17.3. The van der Waals surface area contributed by atoms with Crippen LogP contribution in [0, 0.1) is 10.1 Å². The van der Waals surface area contributed by atoms with Crippen LogP contribution in [0.4, 0.5) is 11.4 Å². The van der Waals surface area contributed by atoms with Gasteiger partial charge in [0.25, 0.3) is 11.6 Å². The van der Waals surface area contributed by atoms with Crippen molar-refractivity contribution in [2.75, 3.05) is 33.5 Å². The molecule has 1 aliphatic rings. The quantitative estimate of drug-likeness (QED) is 0.0540. The lowest BCUT2D eigenvalue weighted by molar-refractivity contribution is -0.471. The number of nitro benzene ring substituents is 1. The first-order valence-corrected chi connectivity index (χ1v) is 17.7. The van der Waals surface area contributed by atoms with Crippen LogP contribution in [0.3, 0.4) is 0 Å². The number of hydrogen-bond acceptors (Lipinski definition) is 3. The molecule has 0 heterocycles. The van der Waals surface area contributed by atoms with E-state index in [1.54, 1.807) is 12.1 Å². The molecule has 1 saturated carbocycles. The van der Waals surface area contributed by atoms with Crippen LogP contribution in [0.25, 0.3) is 0 Å². The Morgan fingerprint density at radius 1 is 0.796 bits per heavy atom. The van der Waals surface area contributed by atoms with Crippen LogP contribution in [0.5, 0.6) is 0 Å². The summed E-state index contributed by atoms with van der Waals surface area (Å²) in [5.74, 6) is 1.55. The van der Waals surface area contributed by atoms with E-state index in [0.717, 1.165) is 24.5 Å². The molecule has 0 saturated heterocycles. The summed E-state index contributed by atoms with van der Waals surface area (Å²) in [6.45, 7) is 2.28. The molecular weight excluding hydrogens is 607 g/mol. The average Bonchev–Trinajstić information content (AvgIpc) is 3.13. The van der Waals surface area contributed by atoms with Crippen LogP contribution < -0.4 is 27.0 Å². The second kappa shape index (κ2) is 18.6. The van der Waals surface area contributed by atoms with Crippen molar-refractivity contribution in [3.8, 4) is 0 Å². The predicted octanol–water partition coefficient (Wildman–Crippen LogP) is 6.43.